The molecule has 1 fully saturated rings. The van der Waals surface area contributed by atoms with Crippen LogP contribution in [-0.2, 0) is 15.8 Å². The monoisotopic (exact) mass is 435 g/mol. The fourth-order valence-electron chi connectivity index (χ4n) is 2.97. The van der Waals surface area contributed by atoms with E-state index in [4.69, 9.17) is 16.0 Å². The molecule has 3 aromatic rings. The number of halogens is 1. The highest BCUT2D eigenvalue weighted by Gasteiger charge is 2.27. The van der Waals surface area contributed by atoms with Gasteiger partial charge in [0.1, 0.15) is 4.90 Å². The van der Waals surface area contributed by atoms with Crippen molar-refractivity contribution in [2.45, 2.75) is 28.5 Å². The molecule has 0 unspecified atom stereocenters. The van der Waals surface area contributed by atoms with Crippen LogP contribution in [0.15, 0.2) is 63.1 Å². The third-order valence-corrected chi connectivity index (χ3v) is 7.46. The number of rotatable bonds is 6. The maximum Gasteiger partial charge on any atom is 0.244 e. The van der Waals surface area contributed by atoms with Crippen LogP contribution in [0.2, 0.25) is 5.02 Å². The second-order valence-electron chi connectivity index (χ2n) is 6.36. The first-order valence-electron chi connectivity index (χ1n) is 8.82. The van der Waals surface area contributed by atoms with Crippen molar-refractivity contribution in [3.63, 3.8) is 0 Å². The summed E-state index contributed by atoms with van der Waals surface area (Å²) >= 11 is 7.44. The van der Waals surface area contributed by atoms with E-state index in [1.54, 1.807) is 24.4 Å². The van der Waals surface area contributed by atoms with Gasteiger partial charge in [0.25, 0.3) is 0 Å². The van der Waals surface area contributed by atoms with Crippen molar-refractivity contribution in [1.29, 1.82) is 0 Å². The van der Waals surface area contributed by atoms with E-state index in [1.807, 2.05) is 18.2 Å². The predicted octanol–water partition coefficient (Wildman–Crippen LogP) is 4.47. The molecule has 1 aliphatic rings. The Morgan fingerprint density at radius 3 is 2.64 bits per heavy atom. The molecule has 28 heavy (non-hydrogen) atoms. The fourth-order valence-corrected chi connectivity index (χ4v) is 5.32. The Balaban J connectivity index is 1.40. The van der Waals surface area contributed by atoms with Gasteiger partial charge in [-0.15, -0.1) is 0 Å². The van der Waals surface area contributed by atoms with Gasteiger partial charge in [-0.1, -0.05) is 35.5 Å². The van der Waals surface area contributed by atoms with Crippen molar-refractivity contribution < 1.29 is 12.8 Å². The Hall–Kier alpha value is -1.87. The van der Waals surface area contributed by atoms with E-state index in [0.717, 1.165) is 18.4 Å². The van der Waals surface area contributed by atoms with Crippen molar-refractivity contribution in [3.8, 4) is 11.3 Å². The Labute approximate surface area is 173 Å². The van der Waals surface area contributed by atoms with E-state index in [-0.39, 0.29) is 4.90 Å². The summed E-state index contributed by atoms with van der Waals surface area (Å²) in [4.78, 5) is 8.80. The number of benzene rings is 1. The van der Waals surface area contributed by atoms with Gasteiger partial charge < -0.3 is 4.42 Å². The zero-order valence-corrected chi connectivity index (χ0v) is 17.3. The Bertz CT molecular complexity index is 1060. The zero-order chi connectivity index (χ0) is 19.6. The lowest BCUT2D eigenvalue weighted by atomic mass is 10.2. The molecular weight excluding hydrogens is 418 g/mol. The highest BCUT2D eigenvalue weighted by atomic mass is 35.5. The van der Waals surface area contributed by atoms with Crippen LogP contribution < -0.4 is 0 Å². The Morgan fingerprint density at radius 1 is 1.11 bits per heavy atom. The topological polar surface area (TPSA) is 76.3 Å². The highest BCUT2D eigenvalue weighted by Crippen LogP contribution is 2.27. The molecule has 0 atom stereocenters. The maximum atomic E-state index is 12.5. The SMILES string of the molecule is O=S(=O)(c1ccc(SCc2ncc(-c3cccc(Cl)c3)o2)nc1)N1CCCC1. The summed E-state index contributed by atoms with van der Waals surface area (Å²) < 4.78 is 32.3. The van der Waals surface area contributed by atoms with Crippen LogP contribution in [-0.4, -0.2) is 35.8 Å². The lowest BCUT2D eigenvalue weighted by molar-refractivity contribution is 0.477. The third kappa shape index (κ3) is 4.25. The molecular formula is C19H18ClN3O3S2. The van der Waals surface area contributed by atoms with E-state index in [1.165, 1.54) is 22.3 Å². The molecule has 0 amide bonds. The minimum absolute atomic E-state index is 0.234. The molecule has 146 valence electrons. The van der Waals surface area contributed by atoms with Gasteiger partial charge in [-0.25, -0.2) is 18.4 Å². The summed E-state index contributed by atoms with van der Waals surface area (Å²) in [5, 5.41) is 1.35. The van der Waals surface area contributed by atoms with Gasteiger partial charge in [0.05, 0.1) is 17.0 Å². The standard InChI is InChI=1S/C19H18ClN3O3S2/c20-15-5-3-4-14(10-15)17-12-21-18(26-17)13-27-19-7-6-16(11-22-19)28(24,25)23-8-1-2-9-23/h3-7,10-12H,1-2,8-9,13H2. The maximum absolute atomic E-state index is 12.5. The quantitative estimate of drug-likeness (QED) is 0.532. The number of hydrogen-bond donors (Lipinski definition) is 0. The van der Waals surface area contributed by atoms with E-state index in [0.29, 0.717) is 40.5 Å². The summed E-state index contributed by atoms with van der Waals surface area (Å²) in [6.45, 7) is 1.16. The minimum atomic E-state index is -3.43. The van der Waals surface area contributed by atoms with Gasteiger partial charge in [-0.3, -0.25) is 0 Å². The van der Waals surface area contributed by atoms with Crippen molar-refractivity contribution in [3.05, 3.63) is 59.7 Å². The average molecular weight is 436 g/mol. The van der Waals surface area contributed by atoms with Gasteiger partial charge >= 0.3 is 0 Å². The predicted molar refractivity (Wildman–Crippen MR) is 109 cm³/mol. The third-order valence-electron chi connectivity index (χ3n) is 4.42. The summed E-state index contributed by atoms with van der Waals surface area (Å²) in [5.41, 5.74) is 0.867. The van der Waals surface area contributed by atoms with Crippen molar-refractivity contribution in [2.24, 2.45) is 0 Å². The van der Waals surface area contributed by atoms with Crippen LogP contribution in [0.5, 0.6) is 0 Å². The molecule has 0 bridgehead atoms. The number of sulfonamides is 1. The first-order chi connectivity index (χ1) is 13.5. The molecule has 0 aliphatic carbocycles. The first kappa shape index (κ1) is 19.4. The van der Waals surface area contributed by atoms with E-state index >= 15 is 0 Å². The number of hydrogen-bond acceptors (Lipinski definition) is 6. The largest absolute Gasteiger partial charge is 0.440 e. The molecule has 0 N–H and O–H groups in total. The molecule has 1 saturated heterocycles. The van der Waals surface area contributed by atoms with Gasteiger partial charge in [0.15, 0.2) is 5.76 Å². The lowest BCUT2D eigenvalue weighted by Gasteiger charge is -2.15. The Morgan fingerprint density at radius 2 is 1.93 bits per heavy atom. The summed E-state index contributed by atoms with van der Waals surface area (Å²) in [6, 6.07) is 10.7. The first-order valence-corrected chi connectivity index (χ1v) is 11.6. The van der Waals surface area contributed by atoms with Gasteiger partial charge in [-0.05, 0) is 37.1 Å². The lowest BCUT2D eigenvalue weighted by Crippen LogP contribution is -2.27. The smallest absolute Gasteiger partial charge is 0.244 e. The number of pyridine rings is 1. The van der Waals surface area contributed by atoms with Crippen LogP contribution >= 0.6 is 23.4 Å². The van der Waals surface area contributed by atoms with Crippen LogP contribution in [0.3, 0.4) is 0 Å². The summed E-state index contributed by atoms with van der Waals surface area (Å²) in [6.07, 6.45) is 4.91. The Kier molecular flexibility index (Phi) is 5.73. The highest BCUT2D eigenvalue weighted by molar-refractivity contribution is 7.98. The number of oxazole rings is 1. The van der Waals surface area contributed by atoms with Crippen LogP contribution in [0.4, 0.5) is 0 Å². The molecule has 6 nitrogen and oxygen atoms in total. The fraction of sp³-hybridized carbons (Fsp3) is 0.263. The van der Waals surface area contributed by atoms with Crippen LogP contribution in [0, 0.1) is 0 Å². The second kappa shape index (κ2) is 8.24. The van der Waals surface area contributed by atoms with Crippen molar-refractivity contribution >= 4 is 33.4 Å². The van der Waals surface area contributed by atoms with Crippen molar-refractivity contribution in [2.75, 3.05) is 13.1 Å². The van der Waals surface area contributed by atoms with E-state index in [2.05, 4.69) is 9.97 Å². The molecule has 0 spiro atoms. The minimum Gasteiger partial charge on any atom is -0.440 e. The molecule has 1 aliphatic heterocycles. The molecule has 3 heterocycles. The number of nitrogens with zero attached hydrogens (tertiary/aromatic N) is 3. The van der Waals surface area contributed by atoms with Gasteiger partial charge in [0, 0.05) is 29.9 Å². The summed E-state index contributed by atoms with van der Waals surface area (Å²) in [5.74, 6) is 1.71. The number of aromatic nitrogens is 2. The van der Waals surface area contributed by atoms with Gasteiger partial charge in [0.2, 0.25) is 15.9 Å². The molecule has 9 heteroatoms. The molecule has 2 aromatic heterocycles. The number of thioether (sulfide) groups is 1. The average Bonchev–Trinajstić information content (AvgIpc) is 3.39. The van der Waals surface area contributed by atoms with Crippen LogP contribution in [0.1, 0.15) is 18.7 Å². The summed E-state index contributed by atoms with van der Waals surface area (Å²) in [7, 11) is -3.43. The molecule has 0 saturated carbocycles. The van der Waals surface area contributed by atoms with E-state index in [9.17, 15) is 8.42 Å². The molecule has 4 rings (SSSR count). The van der Waals surface area contributed by atoms with Gasteiger partial charge in [-0.2, -0.15) is 4.31 Å². The van der Waals surface area contributed by atoms with Crippen molar-refractivity contribution in [1.82, 2.24) is 14.3 Å². The molecule has 1 aromatic carbocycles. The zero-order valence-electron chi connectivity index (χ0n) is 14.9. The van der Waals surface area contributed by atoms with E-state index < -0.39 is 10.0 Å². The normalized spacial score (nSPS) is 15.2. The van der Waals surface area contributed by atoms with Crippen LogP contribution in [0.25, 0.3) is 11.3 Å². The second-order valence-corrected chi connectivity index (χ2v) is 9.73. The molecule has 0 radical (unpaired) electrons.